The Hall–Kier alpha value is -0.970. The number of aliphatic hydroxyl groups is 1. The van der Waals surface area contributed by atoms with Crippen molar-refractivity contribution in [2.24, 2.45) is 7.05 Å². The molecule has 0 radical (unpaired) electrons. The Morgan fingerprint density at radius 1 is 1.41 bits per heavy atom. The number of hydrogen-bond donors (Lipinski definition) is 1. The molecule has 0 aliphatic rings. The maximum atomic E-state index is 9.98. The Kier molecular flexibility index (Phi) is 4.10. The molecule has 1 heterocycles. The van der Waals surface area contributed by atoms with E-state index in [1.807, 2.05) is 42.1 Å². The lowest BCUT2D eigenvalue weighted by atomic mass is 10.4. The predicted octanol–water partition coefficient (Wildman–Crippen LogP) is 2.90. The standard InChI is InChI=1S/C12H13ClN2OS/c1-15-7-6-14-12(15)11(16)8-17-10-4-2-9(13)3-5-10/h2-7,11,16H,8H2,1H3. The number of nitrogens with zero attached hydrogens (tertiary/aromatic N) is 2. The molecule has 90 valence electrons. The molecule has 2 rings (SSSR count). The van der Waals surface area contributed by atoms with Gasteiger partial charge in [-0.05, 0) is 24.3 Å². The molecule has 1 aromatic carbocycles. The van der Waals surface area contributed by atoms with E-state index in [0.717, 1.165) is 9.92 Å². The van der Waals surface area contributed by atoms with Crippen LogP contribution in [0.1, 0.15) is 11.9 Å². The molecule has 1 N–H and O–H groups in total. The van der Waals surface area contributed by atoms with Gasteiger partial charge in [-0.15, -0.1) is 11.8 Å². The molecule has 3 nitrogen and oxygen atoms in total. The Balaban J connectivity index is 1.94. The molecule has 5 heteroatoms. The fourth-order valence-electron chi connectivity index (χ4n) is 1.48. The molecule has 1 unspecified atom stereocenters. The lowest BCUT2D eigenvalue weighted by Crippen LogP contribution is -2.07. The molecule has 0 bridgehead atoms. The van der Waals surface area contributed by atoms with Crippen molar-refractivity contribution in [3.8, 4) is 0 Å². The van der Waals surface area contributed by atoms with E-state index in [1.54, 1.807) is 18.0 Å². The van der Waals surface area contributed by atoms with Gasteiger partial charge < -0.3 is 9.67 Å². The molecule has 0 amide bonds. The van der Waals surface area contributed by atoms with Gasteiger partial charge in [-0.3, -0.25) is 0 Å². The number of aryl methyl sites for hydroxylation is 1. The van der Waals surface area contributed by atoms with Gasteiger partial charge in [0.25, 0.3) is 0 Å². The summed E-state index contributed by atoms with van der Waals surface area (Å²) in [7, 11) is 1.87. The van der Waals surface area contributed by atoms with E-state index in [2.05, 4.69) is 4.98 Å². The highest BCUT2D eigenvalue weighted by Gasteiger charge is 2.12. The van der Waals surface area contributed by atoms with Gasteiger partial charge in [-0.1, -0.05) is 11.6 Å². The molecule has 1 aromatic heterocycles. The van der Waals surface area contributed by atoms with E-state index in [1.165, 1.54) is 0 Å². The second-order valence-electron chi connectivity index (χ2n) is 3.68. The van der Waals surface area contributed by atoms with Crippen LogP contribution in [0.3, 0.4) is 0 Å². The van der Waals surface area contributed by atoms with Gasteiger partial charge in [-0.2, -0.15) is 0 Å². The molecule has 0 fully saturated rings. The van der Waals surface area contributed by atoms with Crippen molar-refractivity contribution in [1.82, 2.24) is 9.55 Å². The van der Waals surface area contributed by atoms with E-state index in [4.69, 9.17) is 11.6 Å². The van der Waals surface area contributed by atoms with Gasteiger partial charge in [0, 0.05) is 35.1 Å². The number of hydrogen-bond acceptors (Lipinski definition) is 3. The average molecular weight is 269 g/mol. The SMILES string of the molecule is Cn1ccnc1C(O)CSc1ccc(Cl)cc1. The summed E-state index contributed by atoms with van der Waals surface area (Å²) >= 11 is 7.39. The number of rotatable bonds is 4. The molecule has 0 saturated carbocycles. The molecular weight excluding hydrogens is 256 g/mol. The maximum Gasteiger partial charge on any atom is 0.138 e. The second kappa shape index (κ2) is 5.58. The Morgan fingerprint density at radius 3 is 2.71 bits per heavy atom. The number of thioether (sulfide) groups is 1. The van der Waals surface area contributed by atoms with Crippen molar-refractivity contribution in [3.63, 3.8) is 0 Å². The van der Waals surface area contributed by atoms with Gasteiger partial charge in [0.1, 0.15) is 11.9 Å². The van der Waals surface area contributed by atoms with Gasteiger partial charge in [0.2, 0.25) is 0 Å². The number of halogens is 1. The van der Waals surface area contributed by atoms with Crippen LogP contribution in [0.5, 0.6) is 0 Å². The summed E-state index contributed by atoms with van der Waals surface area (Å²) in [5, 5.41) is 10.7. The number of aromatic nitrogens is 2. The quantitative estimate of drug-likeness (QED) is 0.867. The highest BCUT2D eigenvalue weighted by atomic mass is 35.5. The van der Waals surface area contributed by atoms with Gasteiger partial charge in [-0.25, -0.2) is 4.98 Å². The number of imidazole rings is 1. The summed E-state index contributed by atoms with van der Waals surface area (Å²) < 4.78 is 1.83. The van der Waals surface area contributed by atoms with E-state index in [9.17, 15) is 5.11 Å². The minimum absolute atomic E-state index is 0.560. The largest absolute Gasteiger partial charge is 0.384 e. The zero-order valence-electron chi connectivity index (χ0n) is 9.38. The van der Waals surface area contributed by atoms with Crippen LogP contribution in [-0.2, 0) is 7.05 Å². The number of benzene rings is 1. The normalized spacial score (nSPS) is 12.6. The van der Waals surface area contributed by atoms with Gasteiger partial charge in [0.05, 0.1) is 0 Å². The molecule has 0 saturated heterocycles. The molecule has 0 spiro atoms. The summed E-state index contributed by atoms with van der Waals surface area (Å²) in [6, 6.07) is 7.57. The third-order valence-electron chi connectivity index (χ3n) is 2.38. The highest BCUT2D eigenvalue weighted by molar-refractivity contribution is 7.99. The van der Waals surface area contributed by atoms with Crippen LogP contribution in [0, 0.1) is 0 Å². The predicted molar refractivity (Wildman–Crippen MR) is 70.3 cm³/mol. The van der Waals surface area contributed by atoms with Crippen LogP contribution in [0.4, 0.5) is 0 Å². The summed E-state index contributed by atoms with van der Waals surface area (Å²) in [6.45, 7) is 0. The van der Waals surface area contributed by atoms with E-state index >= 15 is 0 Å². The fourth-order valence-corrected chi connectivity index (χ4v) is 2.43. The summed E-state index contributed by atoms with van der Waals surface area (Å²) in [4.78, 5) is 5.21. The summed E-state index contributed by atoms with van der Waals surface area (Å²) in [6.07, 6.45) is 2.95. The third-order valence-corrected chi connectivity index (χ3v) is 3.72. The first-order chi connectivity index (χ1) is 8.16. The second-order valence-corrected chi connectivity index (χ2v) is 5.21. The molecule has 2 aromatic rings. The number of aliphatic hydroxyl groups excluding tert-OH is 1. The van der Waals surface area contributed by atoms with Crippen molar-refractivity contribution in [2.45, 2.75) is 11.0 Å². The Labute approximate surface area is 109 Å². The van der Waals surface area contributed by atoms with Crippen LogP contribution in [0.25, 0.3) is 0 Å². The van der Waals surface area contributed by atoms with Crippen LogP contribution < -0.4 is 0 Å². The average Bonchev–Trinajstić information content (AvgIpc) is 2.74. The van der Waals surface area contributed by atoms with Crippen LogP contribution in [0.2, 0.25) is 5.02 Å². The van der Waals surface area contributed by atoms with Crippen molar-refractivity contribution in [2.75, 3.05) is 5.75 Å². The van der Waals surface area contributed by atoms with Gasteiger partial charge >= 0.3 is 0 Å². The van der Waals surface area contributed by atoms with Crippen LogP contribution in [0.15, 0.2) is 41.6 Å². The first kappa shape index (κ1) is 12.5. The van der Waals surface area contributed by atoms with Crippen molar-refractivity contribution < 1.29 is 5.11 Å². The van der Waals surface area contributed by atoms with Crippen molar-refractivity contribution >= 4 is 23.4 Å². The third kappa shape index (κ3) is 3.25. The summed E-state index contributed by atoms with van der Waals surface area (Å²) in [5.41, 5.74) is 0. The first-order valence-corrected chi connectivity index (χ1v) is 6.57. The van der Waals surface area contributed by atoms with E-state index < -0.39 is 6.10 Å². The summed E-state index contributed by atoms with van der Waals surface area (Å²) in [5.74, 6) is 1.26. The minimum atomic E-state index is -0.560. The minimum Gasteiger partial charge on any atom is -0.384 e. The lowest BCUT2D eigenvalue weighted by molar-refractivity contribution is 0.190. The molecular formula is C12H13ClN2OS. The zero-order valence-corrected chi connectivity index (χ0v) is 10.9. The molecule has 0 aliphatic heterocycles. The Bertz CT molecular complexity index is 484. The zero-order chi connectivity index (χ0) is 12.3. The van der Waals surface area contributed by atoms with Crippen LogP contribution in [-0.4, -0.2) is 20.4 Å². The Morgan fingerprint density at radius 2 is 2.12 bits per heavy atom. The molecule has 0 aliphatic carbocycles. The van der Waals surface area contributed by atoms with Crippen molar-refractivity contribution in [3.05, 3.63) is 47.5 Å². The monoisotopic (exact) mass is 268 g/mol. The van der Waals surface area contributed by atoms with Crippen LogP contribution >= 0.6 is 23.4 Å². The molecule has 17 heavy (non-hydrogen) atoms. The maximum absolute atomic E-state index is 9.98. The fraction of sp³-hybridized carbons (Fsp3) is 0.250. The highest BCUT2D eigenvalue weighted by Crippen LogP contribution is 2.24. The smallest absolute Gasteiger partial charge is 0.138 e. The van der Waals surface area contributed by atoms with Gasteiger partial charge in [0.15, 0.2) is 0 Å². The van der Waals surface area contributed by atoms with Crippen molar-refractivity contribution in [1.29, 1.82) is 0 Å². The lowest BCUT2D eigenvalue weighted by Gasteiger charge is -2.10. The topological polar surface area (TPSA) is 38.0 Å². The van der Waals surface area contributed by atoms with E-state index in [-0.39, 0.29) is 0 Å². The molecule has 1 atom stereocenters. The first-order valence-electron chi connectivity index (χ1n) is 5.20. The van der Waals surface area contributed by atoms with E-state index in [0.29, 0.717) is 11.6 Å².